The minimum absolute atomic E-state index is 0. The third-order valence-corrected chi connectivity index (χ3v) is 0.795. The molecule has 0 amide bonds. The first kappa shape index (κ1) is 13.3. The van der Waals surface area contributed by atoms with E-state index in [1.165, 1.54) is 6.92 Å². The number of carbonyl (C=O) groups excluding carboxylic acids is 1. The van der Waals surface area contributed by atoms with Gasteiger partial charge in [0.15, 0.2) is 0 Å². The van der Waals surface area contributed by atoms with Crippen LogP contribution in [0.4, 0.5) is 0 Å². The Morgan fingerprint density at radius 1 is 1.36 bits per heavy atom. The molecule has 0 saturated carbocycles. The molecule has 0 saturated heterocycles. The largest absolute Gasteiger partial charge is 0.463 e. The quantitative estimate of drug-likeness (QED) is 0.480. The van der Waals surface area contributed by atoms with Crippen LogP contribution in [0, 0.1) is 0 Å². The number of esters is 1. The van der Waals surface area contributed by atoms with Crippen LogP contribution < -0.4 is 5.73 Å². The van der Waals surface area contributed by atoms with Crippen LogP contribution in [0.2, 0.25) is 0 Å². The van der Waals surface area contributed by atoms with E-state index in [9.17, 15) is 4.79 Å². The van der Waals surface area contributed by atoms with E-state index < -0.39 is 0 Å². The van der Waals surface area contributed by atoms with Crippen molar-refractivity contribution in [3.8, 4) is 0 Å². The number of hydrogen-bond acceptors (Lipinski definition) is 4. The van der Waals surface area contributed by atoms with Crippen LogP contribution >= 0.6 is 12.4 Å². The molecule has 0 rings (SSSR count). The number of nitrogens with two attached hydrogens (primary N) is 1. The lowest BCUT2D eigenvalue weighted by Gasteiger charge is -2.01. The van der Waals surface area contributed by atoms with Crippen LogP contribution in [0.3, 0.4) is 0 Å². The zero-order valence-electron chi connectivity index (χ0n) is 6.54. The van der Waals surface area contributed by atoms with E-state index in [1.54, 1.807) is 0 Å². The van der Waals surface area contributed by atoms with Crippen LogP contribution in [0.25, 0.3) is 0 Å². The molecule has 0 aromatic carbocycles. The molecule has 68 valence electrons. The Balaban J connectivity index is 0. The number of halogens is 1. The van der Waals surface area contributed by atoms with E-state index in [0.29, 0.717) is 26.4 Å². The van der Waals surface area contributed by atoms with Gasteiger partial charge in [0.2, 0.25) is 0 Å². The van der Waals surface area contributed by atoms with E-state index in [2.05, 4.69) is 4.74 Å². The lowest BCUT2D eigenvalue weighted by molar-refractivity contribution is -0.142. The molecule has 0 spiro atoms. The molecule has 0 radical (unpaired) electrons. The molecule has 0 atom stereocenters. The summed E-state index contributed by atoms with van der Waals surface area (Å²) in [4.78, 5) is 10.2. The van der Waals surface area contributed by atoms with Gasteiger partial charge in [0, 0.05) is 13.5 Å². The van der Waals surface area contributed by atoms with Crippen molar-refractivity contribution in [1.82, 2.24) is 0 Å². The lowest BCUT2D eigenvalue weighted by atomic mass is 10.7. The zero-order chi connectivity index (χ0) is 7.82. The third kappa shape index (κ3) is 12.8. The van der Waals surface area contributed by atoms with Gasteiger partial charge in [-0.25, -0.2) is 0 Å². The lowest BCUT2D eigenvalue weighted by Crippen LogP contribution is -2.13. The standard InChI is InChI=1S/C6H13NO3.ClH/c1-6(8)10-5-4-9-3-2-7;/h2-5,7H2,1H3;1H. The van der Waals surface area contributed by atoms with Crippen LogP contribution in [-0.2, 0) is 14.3 Å². The molecule has 0 fully saturated rings. The maximum Gasteiger partial charge on any atom is 0.302 e. The molecule has 0 aliphatic carbocycles. The van der Waals surface area contributed by atoms with Gasteiger partial charge in [0.05, 0.1) is 13.2 Å². The highest BCUT2D eigenvalue weighted by atomic mass is 35.5. The zero-order valence-corrected chi connectivity index (χ0v) is 7.36. The van der Waals surface area contributed by atoms with Gasteiger partial charge in [-0.05, 0) is 0 Å². The normalized spacial score (nSPS) is 8.55. The van der Waals surface area contributed by atoms with Gasteiger partial charge in [0.1, 0.15) is 6.61 Å². The molecule has 0 aromatic rings. The van der Waals surface area contributed by atoms with Crippen molar-refractivity contribution in [3.05, 3.63) is 0 Å². The van der Waals surface area contributed by atoms with Crippen LogP contribution in [0.5, 0.6) is 0 Å². The topological polar surface area (TPSA) is 61.5 Å². The molecule has 0 aliphatic heterocycles. The van der Waals surface area contributed by atoms with Gasteiger partial charge >= 0.3 is 5.97 Å². The van der Waals surface area contributed by atoms with Gasteiger partial charge in [-0.1, -0.05) is 0 Å². The summed E-state index contributed by atoms with van der Waals surface area (Å²) in [7, 11) is 0. The molecule has 0 heterocycles. The summed E-state index contributed by atoms with van der Waals surface area (Å²) in [5, 5.41) is 0. The highest BCUT2D eigenvalue weighted by molar-refractivity contribution is 5.85. The van der Waals surface area contributed by atoms with Gasteiger partial charge in [-0.3, -0.25) is 4.79 Å². The average molecular weight is 184 g/mol. The number of rotatable bonds is 5. The van der Waals surface area contributed by atoms with Crippen molar-refractivity contribution in [2.24, 2.45) is 5.73 Å². The molecule has 4 nitrogen and oxygen atoms in total. The summed E-state index contributed by atoms with van der Waals surface area (Å²) >= 11 is 0. The summed E-state index contributed by atoms with van der Waals surface area (Å²) in [6.07, 6.45) is 0. The maximum atomic E-state index is 10.2. The van der Waals surface area contributed by atoms with Crippen molar-refractivity contribution in [3.63, 3.8) is 0 Å². The highest BCUT2D eigenvalue weighted by Crippen LogP contribution is 1.77. The number of hydrogen-bond donors (Lipinski definition) is 1. The van der Waals surface area contributed by atoms with Crippen LogP contribution in [0.15, 0.2) is 0 Å². The second kappa shape index (κ2) is 9.68. The maximum absolute atomic E-state index is 10.2. The number of carbonyl (C=O) groups is 1. The van der Waals surface area contributed by atoms with Crippen molar-refractivity contribution in [2.75, 3.05) is 26.4 Å². The summed E-state index contributed by atoms with van der Waals surface area (Å²) in [5.41, 5.74) is 5.14. The monoisotopic (exact) mass is 183 g/mol. The molecule has 0 unspecified atom stereocenters. The van der Waals surface area contributed by atoms with E-state index in [1.807, 2.05) is 0 Å². The molecule has 2 N–H and O–H groups in total. The first-order valence-electron chi connectivity index (χ1n) is 3.18. The Kier molecular flexibility index (Phi) is 11.7. The summed E-state index contributed by atoms with van der Waals surface area (Å²) < 4.78 is 9.51. The minimum Gasteiger partial charge on any atom is -0.463 e. The Morgan fingerprint density at radius 2 is 2.00 bits per heavy atom. The third-order valence-electron chi connectivity index (χ3n) is 0.795. The van der Waals surface area contributed by atoms with Crippen molar-refractivity contribution < 1.29 is 14.3 Å². The van der Waals surface area contributed by atoms with Crippen molar-refractivity contribution in [1.29, 1.82) is 0 Å². The summed E-state index contributed by atoms with van der Waals surface area (Å²) in [6.45, 7) is 3.12. The summed E-state index contributed by atoms with van der Waals surface area (Å²) in [5.74, 6) is -0.281. The van der Waals surface area contributed by atoms with Crippen molar-refractivity contribution >= 4 is 18.4 Å². The van der Waals surface area contributed by atoms with E-state index in [-0.39, 0.29) is 18.4 Å². The van der Waals surface area contributed by atoms with E-state index in [4.69, 9.17) is 10.5 Å². The fourth-order valence-electron chi connectivity index (χ4n) is 0.430. The highest BCUT2D eigenvalue weighted by Gasteiger charge is 1.90. The second-order valence-electron chi connectivity index (χ2n) is 1.74. The van der Waals surface area contributed by atoms with E-state index in [0.717, 1.165) is 0 Å². The minimum atomic E-state index is -0.281. The van der Waals surface area contributed by atoms with E-state index >= 15 is 0 Å². The fraction of sp³-hybridized carbons (Fsp3) is 0.833. The predicted molar refractivity (Wildman–Crippen MR) is 43.8 cm³/mol. The Bertz CT molecular complexity index is 99.8. The first-order chi connectivity index (χ1) is 4.77. The molecular weight excluding hydrogens is 170 g/mol. The molecular formula is C6H14ClNO3. The van der Waals surface area contributed by atoms with Gasteiger partial charge in [-0.15, -0.1) is 12.4 Å². The molecule has 0 bridgehead atoms. The molecule has 5 heteroatoms. The second-order valence-corrected chi connectivity index (χ2v) is 1.74. The Labute approximate surface area is 72.4 Å². The first-order valence-corrected chi connectivity index (χ1v) is 3.18. The predicted octanol–water partition coefficient (Wildman–Crippen LogP) is -0.0534. The van der Waals surface area contributed by atoms with Crippen LogP contribution in [-0.4, -0.2) is 32.3 Å². The molecule has 0 aromatic heterocycles. The van der Waals surface area contributed by atoms with Gasteiger partial charge in [-0.2, -0.15) is 0 Å². The smallest absolute Gasteiger partial charge is 0.302 e. The Hall–Kier alpha value is -0.320. The summed E-state index contributed by atoms with van der Waals surface area (Å²) in [6, 6.07) is 0. The van der Waals surface area contributed by atoms with Gasteiger partial charge < -0.3 is 15.2 Å². The number of ether oxygens (including phenoxy) is 2. The SMILES string of the molecule is CC(=O)OCCOCCN.Cl. The van der Waals surface area contributed by atoms with Crippen LogP contribution in [0.1, 0.15) is 6.92 Å². The van der Waals surface area contributed by atoms with Gasteiger partial charge in [0.25, 0.3) is 0 Å². The Morgan fingerprint density at radius 3 is 2.45 bits per heavy atom. The molecule has 11 heavy (non-hydrogen) atoms. The van der Waals surface area contributed by atoms with Crippen molar-refractivity contribution in [2.45, 2.75) is 6.92 Å². The average Bonchev–Trinajstić information content (AvgIpc) is 1.87. The fourth-order valence-corrected chi connectivity index (χ4v) is 0.430. The molecule has 0 aliphatic rings.